The topological polar surface area (TPSA) is 87.7 Å². The van der Waals surface area contributed by atoms with Gasteiger partial charge in [-0.3, -0.25) is 14.4 Å². The number of carbonyl (C=O) groups is 2. The van der Waals surface area contributed by atoms with Crippen molar-refractivity contribution in [2.45, 2.75) is 45.6 Å². The van der Waals surface area contributed by atoms with Gasteiger partial charge in [-0.1, -0.05) is 32.9 Å². The van der Waals surface area contributed by atoms with Crippen LogP contribution in [0.4, 0.5) is 0 Å². The summed E-state index contributed by atoms with van der Waals surface area (Å²) in [6, 6.07) is 7.28. The van der Waals surface area contributed by atoms with Gasteiger partial charge in [0, 0.05) is 5.56 Å². The van der Waals surface area contributed by atoms with Crippen LogP contribution in [0, 0.1) is 0 Å². The van der Waals surface area contributed by atoms with Gasteiger partial charge in [0.05, 0.1) is 13.2 Å². The zero-order valence-corrected chi connectivity index (χ0v) is 14.4. The van der Waals surface area contributed by atoms with Crippen LogP contribution in [-0.4, -0.2) is 35.7 Å². The summed E-state index contributed by atoms with van der Waals surface area (Å²) in [7, 11) is 0. The van der Waals surface area contributed by atoms with E-state index in [0.29, 0.717) is 5.56 Å². The van der Waals surface area contributed by atoms with Crippen LogP contribution in [0.25, 0.3) is 0 Å². The minimum absolute atomic E-state index is 0.0196. The standard InChI is InChI=1S/C17H26N2O4/c1-16(2,3)13-8-6-12(7-9-13)15(22)18-10-14(21)19-23-17(4,5)11-20/h6-9,20H,10-11H2,1-5H3,(H,18,22)(H,19,21). The lowest BCUT2D eigenvalue weighted by molar-refractivity contribution is -0.152. The molecule has 0 aliphatic carbocycles. The zero-order chi connectivity index (χ0) is 17.7. The molecule has 1 rings (SSSR count). The summed E-state index contributed by atoms with van der Waals surface area (Å²) in [5.74, 6) is -0.826. The van der Waals surface area contributed by atoms with E-state index in [1.807, 2.05) is 12.1 Å². The number of hydrogen-bond acceptors (Lipinski definition) is 4. The molecule has 0 saturated heterocycles. The quantitative estimate of drug-likeness (QED) is 0.693. The molecule has 6 nitrogen and oxygen atoms in total. The van der Waals surface area contributed by atoms with E-state index in [4.69, 9.17) is 9.94 Å². The fraction of sp³-hybridized carbons (Fsp3) is 0.529. The van der Waals surface area contributed by atoms with Crippen LogP contribution in [-0.2, 0) is 15.0 Å². The lowest BCUT2D eigenvalue weighted by atomic mass is 9.87. The number of rotatable bonds is 6. The maximum atomic E-state index is 12.0. The molecule has 0 atom stereocenters. The first kappa shape index (κ1) is 19.1. The van der Waals surface area contributed by atoms with Crippen LogP contribution in [0.15, 0.2) is 24.3 Å². The van der Waals surface area contributed by atoms with E-state index >= 15 is 0 Å². The number of hydrogen-bond donors (Lipinski definition) is 3. The molecule has 0 aromatic heterocycles. The third-order valence-corrected chi connectivity index (χ3v) is 3.24. The molecule has 0 spiro atoms. The van der Waals surface area contributed by atoms with E-state index < -0.39 is 11.5 Å². The Morgan fingerprint density at radius 2 is 1.65 bits per heavy atom. The van der Waals surface area contributed by atoms with Crippen molar-refractivity contribution in [3.63, 3.8) is 0 Å². The molecular weight excluding hydrogens is 296 g/mol. The van der Waals surface area contributed by atoms with Gasteiger partial charge in [0.2, 0.25) is 0 Å². The van der Waals surface area contributed by atoms with E-state index in [-0.39, 0.29) is 24.5 Å². The Morgan fingerprint density at radius 1 is 1.09 bits per heavy atom. The Balaban J connectivity index is 2.49. The number of benzene rings is 1. The van der Waals surface area contributed by atoms with Crippen LogP contribution >= 0.6 is 0 Å². The van der Waals surface area contributed by atoms with Gasteiger partial charge in [0.1, 0.15) is 5.60 Å². The Bertz CT molecular complexity index is 545. The average Bonchev–Trinajstić information content (AvgIpc) is 2.50. The Kier molecular flexibility index (Phi) is 6.29. The number of nitrogens with one attached hydrogen (secondary N) is 2. The molecule has 23 heavy (non-hydrogen) atoms. The number of amides is 2. The third-order valence-electron chi connectivity index (χ3n) is 3.24. The summed E-state index contributed by atoms with van der Waals surface area (Å²) in [5.41, 5.74) is 2.96. The van der Waals surface area contributed by atoms with E-state index in [2.05, 4.69) is 31.6 Å². The van der Waals surface area contributed by atoms with Gasteiger partial charge in [-0.15, -0.1) is 0 Å². The summed E-state index contributed by atoms with van der Waals surface area (Å²) in [6.45, 7) is 9.10. The molecule has 0 heterocycles. The van der Waals surface area contributed by atoms with E-state index in [1.54, 1.807) is 26.0 Å². The van der Waals surface area contributed by atoms with Crippen molar-refractivity contribution in [1.29, 1.82) is 0 Å². The highest BCUT2D eigenvalue weighted by Crippen LogP contribution is 2.22. The molecule has 3 N–H and O–H groups in total. The number of aliphatic hydroxyl groups is 1. The molecular formula is C17H26N2O4. The Morgan fingerprint density at radius 3 is 2.13 bits per heavy atom. The normalized spacial score (nSPS) is 11.9. The monoisotopic (exact) mass is 322 g/mol. The van der Waals surface area contributed by atoms with Crippen molar-refractivity contribution in [3.8, 4) is 0 Å². The van der Waals surface area contributed by atoms with Gasteiger partial charge in [-0.25, -0.2) is 5.48 Å². The average molecular weight is 322 g/mol. The van der Waals surface area contributed by atoms with Gasteiger partial charge >= 0.3 is 0 Å². The Hall–Kier alpha value is -1.92. The summed E-state index contributed by atoms with van der Waals surface area (Å²) < 4.78 is 0. The summed E-state index contributed by atoms with van der Waals surface area (Å²) >= 11 is 0. The molecule has 0 aliphatic rings. The Labute approximate surface area is 137 Å². The van der Waals surface area contributed by atoms with E-state index in [9.17, 15) is 9.59 Å². The second kappa shape index (κ2) is 7.57. The maximum Gasteiger partial charge on any atom is 0.262 e. The van der Waals surface area contributed by atoms with Crippen LogP contribution in [0.2, 0.25) is 0 Å². The molecule has 0 radical (unpaired) electrons. The minimum Gasteiger partial charge on any atom is -0.393 e. The van der Waals surface area contributed by atoms with Crippen LogP contribution in [0.3, 0.4) is 0 Å². The first-order valence-corrected chi connectivity index (χ1v) is 7.51. The van der Waals surface area contributed by atoms with E-state index in [1.165, 1.54) is 0 Å². The van der Waals surface area contributed by atoms with Crippen LogP contribution in [0.1, 0.15) is 50.5 Å². The second-order valence-electron chi connectivity index (χ2n) is 7.06. The molecule has 2 amide bonds. The number of aliphatic hydroxyl groups excluding tert-OH is 1. The fourth-order valence-corrected chi connectivity index (χ4v) is 1.65. The maximum absolute atomic E-state index is 12.0. The van der Waals surface area contributed by atoms with Crippen molar-refractivity contribution >= 4 is 11.8 Å². The summed E-state index contributed by atoms with van der Waals surface area (Å²) in [6.07, 6.45) is 0. The fourth-order valence-electron chi connectivity index (χ4n) is 1.65. The first-order chi connectivity index (χ1) is 10.5. The molecule has 0 fully saturated rings. The molecule has 0 aliphatic heterocycles. The first-order valence-electron chi connectivity index (χ1n) is 7.51. The van der Waals surface area contributed by atoms with Gasteiger partial charge in [0.15, 0.2) is 0 Å². The molecule has 1 aromatic rings. The highest BCUT2D eigenvalue weighted by molar-refractivity contribution is 5.96. The van der Waals surface area contributed by atoms with Gasteiger partial charge in [-0.2, -0.15) is 0 Å². The van der Waals surface area contributed by atoms with Crippen LogP contribution in [0.5, 0.6) is 0 Å². The van der Waals surface area contributed by atoms with Crippen molar-refractivity contribution in [3.05, 3.63) is 35.4 Å². The highest BCUT2D eigenvalue weighted by atomic mass is 16.7. The van der Waals surface area contributed by atoms with Crippen molar-refractivity contribution in [2.75, 3.05) is 13.2 Å². The predicted octanol–water partition coefficient (Wildman–Crippen LogP) is 1.53. The summed E-state index contributed by atoms with van der Waals surface area (Å²) in [5, 5.41) is 11.5. The van der Waals surface area contributed by atoms with Crippen LogP contribution < -0.4 is 10.8 Å². The molecule has 1 aromatic carbocycles. The molecule has 6 heteroatoms. The van der Waals surface area contributed by atoms with Crippen molar-refractivity contribution in [2.24, 2.45) is 0 Å². The smallest absolute Gasteiger partial charge is 0.262 e. The van der Waals surface area contributed by atoms with Gasteiger partial charge in [-0.05, 0) is 37.0 Å². The third kappa shape index (κ3) is 6.38. The minimum atomic E-state index is -0.873. The van der Waals surface area contributed by atoms with E-state index in [0.717, 1.165) is 5.56 Å². The molecule has 0 saturated carbocycles. The number of hydroxylamine groups is 1. The van der Waals surface area contributed by atoms with Gasteiger partial charge in [0.25, 0.3) is 11.8 Å². The molecule has 0 bridgehead atoms. The van der Waals surface area contributed by atoms with Crippen molar-refractivity contribution < 1.29 is 19.5 Å². The lowest BCUT2D eigenvalue weighted by Crippen LogP contribution is -2.42. The van der Waals surface area contributed by atoms with Gasteiger partial charge < -0.3 is 10.4 Å². The molecule has 128 valence electrons. The second-order valence-corrected chi connectivity index (χ2v) is 7.06. The highest BCUT2D eigenvalue weighted by Gasteiger charge is 2.19. The predicted molar refractivity (Wildman–Crippen MR) is 87.9 cm³/mol. The molecule has 0 unspecified atom stereocenters. The van der Waals surface area contributed by atoms with Crippen molar-refractivity contribution in [1.82, 2.24) is 10.8 Å². The zero-order valence-electron chi connectivity index (χ0n) is 14.4. The number of carbonyl (C=O) groups excluding carboxylic acids is 2. The summed E-state index contributed by atoms with van der Waals surface area (Å²) in [4.78, 5) is 28.6. The largest absolute Gasteiger partial charge is 0.393 e. The SMILES string of the molecule is CC(C)(CO)ONC(=O)CNC(=O)c1ccc(C(C)(C)C)cc1. The lowest BCUT2D eigenvalue weighted by Gasteiger charge is -2.21.